The van der Waals surface area contributed by atoms with Gasteiger partial charge in [-0.25, -0.2) is 0 Å². The first-order chi connectivity index (χ1) is 38.9. The molecule has 0 aromatic heterocycles. The third kappa shape index (κ3) is 59.3. The van der Waals surface area contributed by atoms with Crippen molar-refractivity contribution in [3.05, 3.63) is 109 Å². The largest absolute Gasteiger partial charge is 0.756 e. The van der Waals surface area contributed by atoms with Gasteiger partial charge in [-0.05, 0) is 109 Å². The summed E-state index contributed by atoms with van der Waals surface area (Å²) in [5.41, 5.74) is 0. The van der Waals surface area contributed by atoms with Gasteiger partial charge >= 0.3 is 5.97 Å². The average molecular weight is 1140 g/mol. The zero-order chi connectivity index (χ0) is 58.6. The first-order valence-corrected chi connectivity index (χ1v) is 34.2. The summed E-state index contributed by atoms with van der Waals surface area (Å²) in [6.07, 6.45) is 80.6. The highest BCUT2D eigenvalue weighted by atomic mass is 31.2. The van der Waals surface area contributed by atoms with Gasteiger partial charge in [-0.15, -0.1) is 0 Å². The van der Waals surface area contributed by atoms with E-state index < -0.39 is 26.6 Å². The van der Waals surface area contributed by atoms with Crippen LogP contribution < -0.4 is 10.2 Å². The van der Waals surface area contributed by atoms with Gasteiger partial charge in [0.15, 0.2) is 0 Å². The van der Waals surface area contributed by atoms with E-state index in [-0.39, 0.29) is 31.3 Å². The number of hydrogen-bond acceptors (Lipinski definition) is 7. The highest BCUT2D eigenvalue weighted by Crippen LogP contribution is 2.38. The average Bonchev–Trinajstić information content (AvgIpc) is 3.42. The van der Waals surface area contributed by atoms with E-state index in [0.717, 1.165) is 122 Å². The second kappa shape index (κ2) is 58.9. The molecule has 10 heteroatoms. The SMILES string of the molecule is CC/C=C\C/C=C\C/C=C\C/C=C\C/C=C\C/C=C\CCCCCCCCC(=O)OC(/C=C\CCCCCCCCCCCCC)C(COP(=O)([O-])OCC[N+](C)(C)C)NC(=O)CCCCC/C=C/C=C/CCCCCCCCC. The van der Waals surface area contributed by atoms with Gasteiger partial charge in [0, 0.05) is 12.8 Å². The van der Waals surface area contributed by atoms with Crippen molar-refractivity contribution in [2.24, 2.45) is 0 Å². The van der Waals surface area contributed by atoms with Crippen molar-refractivity contribution < 1.29 is 37.3 Å². The van der Waals surface area contributed by atoms with E-state index in [1.807, 2.05) is 33.3 Å². The maximum Gasteiger partial charge on any atom is 0.306 e. The van der Waals surface area contributed by atoms with E-state index in [9.17, 15) is 19.0 Å². The zero-order valence-electron chi connectivity index (χ0n) is 52.5. The molecule has 1 N–H and O–H groups in total. The van der Waals surface area contributed by atoms with Crippen molar-refractivity contribution in [1.29, 1.82) is 0 Å². The molecule has 80 heavy (non-hydrogen) atoms. The summed E-state index contributed by atoms with van der Waals surface area (Å²) in [6, 6.07) is -0.916. The van der Waals surface area contributed by atoms with Gasteiger partial charge in [-0.3, -0.25) is 14.2 Å². The fourth-order valence-corrected chi connectivity index (χ4v) is 9.65. The molecule has 0 rings (SSSR count). The predicted molar refractivity (Wildman–Crippen MR) is 344 cm³/mol. The van der Waals surface area contributed by atoms with Gasteiger partial charge in [0.25, 0.3) is 7.82 Å². The number of amides is 1. The fourth-order valence-electron chi connectivity index (χ4n) is 8.93. The molecule has 0 aliphatic carbocycles. The smallest absolute Gasteiger partial charge is 0.306 e. The summed E-state index contributed by atoms with van der Waals surface area (Å²) in [6.45, 7) is 6.69. The lowest BCUT2D eigenvalue weighted by atomic mass is 10.0. The van der Waals surface area contributed by atoms with Crippen LogP contribution in [0.2, 0.25) is 0 Å². The molecule has 0 aromatic carbocycles. The number of nitrogens with zero attached hydrogens (tertiary/aromatic N) is 1. The molecule has 0 saturated heterocycles. The van der Waals surface area contributed by atoms with Crippen LogP contribution in [0.4, 0.5) is 0 Å². The second-order valence-electron chi connectivity index (χ2n) is 22.9. The molecule has 460 valence electrons. The molecular weight excluding hydrogens is 1010 g/mol. The van der Waals surface area contributed by atoms with Gasteiger partial charge in [0.05, 0.1) is 33.8 Å². The number of esters is 1. The molecule has 3 atom stereocenters. The Labute approximate surface area is 493 Å². The lowest BCUT2D eigenvalue weighted by Gasteiger charge is -2.30. The number of allylic oxidation sites excluding steroid dienone is 17. The number of ether oxygens (including phenoxy) is 1. The molecule has 0 heterocycles. The van der Waals surface area contributed by atoms with Gasteiger partial charge in [-0.1, -0.05) is 259 Å². The Balaban J connectivity index is 5.27. The Kier molecular flexibility index (Phi) is 56.4. The monoisotopic (exact) mass is 1130 g/mol. The molecule has 3 unspecified atom stereocenters. The van der Waals surface area contributed by atoms with Crippen molar-refractivity contribution in [2.45, 2.75) is 283 Å². The highest BCUT2D eigenvalue weighted by Gasteiger charge is 2.27. The summed E-state index contributed by atoms with van der Waals surface area (Å²) < 4.78 is 30.3. The number of hydrogen-bond donors (Lipinski definition) is 1. The van der Waals surface area contributed by atoms with E-state index >= 15 is 0 Å². The van der Waals surface area contributed by atoms with E-state index in [4.69, 9.17) is 13.8 Å². The number of phosphoric ester groups is 1. The minimum Gasteiger partial charge on any atom is -0.756 e. The molecule has 0 aromatic rings. The lowest BCUT2D eigenvalue weighted by Crippen LogP contribution is -2.47. The topological polar surface area (TPSA) is 114 Å². The first-order valence-electron chi connectivity index (χ1n) is 32.7. The Hall–Kier alpha value is -3.33. The Bertz CT molecular complexity index is 1740. The van der Waals surface area contributed by atoms with Crippen LogP contribution in [-0.2, 0) is 27.9 Å². The summed E-state index contributed by atoms with van der Waals surface area (Å²) in [5, 5.41) is 3.01. The molecular formula is C70H123N2O7P. The van der Waals surface area contributed by atoms with Crippen LogP contribution in [-0.4, -0.2) is 69.4 Å². The number of carbonyl (C=O) groups excluding carboxylic acids is 2. The number of nitrogens with one attached hydrogen (secondary N) is 1. The van der Waals surface area contributed by atoms with Crippen LogP contribution in [0.15, 0.2) is 109 Å². The van der Waals surface area contributed by atoms with Crippen molar-refractivity contribution >= 4 is 19.7 Å². The minimum atomic E-state index is -4.72. The van der Waals surface area contributed by atoms with Crippen molar-refractivity contribution in [3.63, 3.8) is 0 Å². The van der Waals surface area contributed by atoms with Crippen LogP contribution >= 0.6 is 7.82 Å². The third-order valence-corrected chi connectivity index (χ3v) is 14.9. The van der Waals surface area contributed by atoms with Gasteiger partial charge in [0.1, 0.15) is 19.3 Å². The van der Waals surface area contributed by atoms with E-state index in [0.29, 0.717) is 23.9 Å². The van der Waals surface area contributed by atoms with Crippen LogP contribution in [0, 0.1) is 0 Å². The number of likely N-dealkylation sites (N-methyl/N-ethyl adjacent to an activating group) is 1. The van der Waals surface area contributed by atoms with E-state index in [1.54, 1.807) is 0 Å². The summed E-state index contributed by atoms with van der Waals surface area (Å²) in [4.78, 5) is 40.1. The van der Waals surface area contributed by atoms with Crippen LogP contribution in [0.25, 0.3) is 0 Å². The Morgan fingerprint density at radius 2 is 0.838 bits per heavy atom. The number of rotatable bonds is 58. The van der Waals surface area contributed by atoms with Gasteiger partial charge in [0.2, 0.25) is 5.91 Å². The standard InChI is InChI=1S/C70H123N2O7P/c1-7-10-13-16-19-22-25-28-30-32-33-34-35-36-37-38-39-40-42-45-48-51-54-57-60-63-70(74)79-68(61-58-55-52-49-46-43-27-24-21-18-15-12-9-3)67(66-78-80(75,76)77-65-64-72(4,5)6)71-69(73)62-59-56-53-50-47-44-41-31-29-26-23-20-17-14-11-8-2/h10,13,19,22,28,30-31,33-34,36-37,39-41,44,47,58,61,67-68H,7-9,11-12,14-18,20-21,23-27,29,32,35,38,42-43,45-46,48-57,59-60,62-66H2,1-6H3,(H-,71,73,75,76)/b13-10-,22-19-,30-28-,34-33-,37-36-,40-39-,41-31+,47-44+,61-58-. The van der Waals surface area contributed by atoms with Crippen LogP contribution in [0.1, 0.15) is 271 Å². The van der Waals surface area contributed by atoms with E-state index in [2.05, 4.69) is 123 Å². The zero-order valence-corrected chi connectivity index (χ0v) is 53.4. The Morgan fingerprint density at radius 1 is 0.463 bits per heavy atom. The fraction of sp³-hybridized carbons (Fsp3) is 0.714. The van der Waals surface area contributed by atoms with Crippen LogP contribution in [0.3, 0.4) is 0 Å². The molecule has 0 aliphatic rings. The first kappa shape index (κ1) is 76.7. The molecule has 1 amide bonds. The van der Waals surface area contributed by atoms with Crippen molar-refractivity contribution in [2.75, 3.05) is 40.9 Å². The molecule has 0 radical (unpaired) electrons. The van der Waals surface area contributed by atoms with Crippen molar-refractivity contribution in [1.82, 2.24) is 5.32 Å². The third-order valence-electron chi connectivity index (χ3n) is 14.0. The molecule has 9 nitrogen and oxygen atoms in total. The summed E-state index contributed by atoms with van der Waals surface area (Å²) in [7, 11) is 1.15. The summed E-state index contributed by atoms with van der Waals surface area (Å²) in [5.74, 6) is -0.591. The molecule has 0 fully saturated rings. The molecule has 0 spiro atoms. The Morgan fingerprint density at radius 3 is 1.29 bits per heavy atom. The maximum atomic E-state index is 13.5. The van der Waals surface area contributed by atoms with Crippen LogP contribution in [0.5, 0.6) is 0 Å². The molecule has 0 bridgehead atoms. The van der Waals surface area contributed by atoms with E-state index in [1.165, 1.54) is 103 Å². The predicted octanol–water partition coefficient (Wildman–Crippen LogP) is 19.9. The minimum absolute atomic E-state index is 0.0349. The maximum absolute atomic E-state index is 13.5. The molecule has 0 saturated carbocycles. The van der Waals surface area contributed by atoms with Gasteiger partial charge < -0.3 is 28.5 Å². The summed E-state index contributed by atoms with van der Waals surface area (Å²) >= 11 is 0. The number of unbranched alkanes of at least 4 members (excludes halogenated alkanes) is 27. The van der Waals surface area contributed by atoms with Gasteiger partial charge in [-0.2, -0.15) is 0 Å². The normalized spacial score (nSPS) is 14.3. The second-order valence-corrected chi connectivity index (χ2v) is 24.3. The molecule has 0 aliphatic heterocycles. The number of phosphoric acid groups is 1. The number of quaternary nitrogens is 1. The number of carbonyl (C=O) groups is 2. The van der Waals surface area contributed by atoms with Crippen molar-refractivity contribution in [3.8, 4) is 0 Å². The lowest BCUT2D eigenvalue weighted by molar-refractivity contribution is -0.870. The quantitative estimate of drug-likeness (QED) is 0.0161. The highest BCUT2D eigenvalue weighted by molar-refractivity contribution is 7.45.